The second-order valence-corrected chi connectivity index (χ2v) is 10.5. The number of nitrogens with zero attached hydrogens (tertiary/aromatic N) is 3. The SMILES string of the molecule is Cc1ccc(S(=O)(=O)n2ccc3cc(Oc4c(Cl)cc(N/N=C(/C#N)C(=O)OC(N)=O)cc4Cl)ccc32)cc1. The third kappa shape index (κ3) is 5.96. The van der Waals surface area contributed by atoms with E-state index >= 15 is 0 Å². The summed E-state index contributed by atoms with van der Waals surface area (Å²) in [7, 11) is -3.81. The van der Waals surface area contributed by atoms with Gasteiger partial charge in [0, 0.05) is 11.6 Å². The Morgan fingerprint density at radius 2 is 1.72 bits per heavy atom. The lowest BCUT2D eigenvalue weighted by molar-refractivity contribution is -0.129. The molecular formula is C25H17Cl2N5O6S. The Morgan fingerprint density at radius 3 is 2.33 bits per heavy atom. The number of carbonyl (C=O) groups excluding carboxylic acids is 2. The zero-order valence-electron chi connectivity index (χ0n) is 19.9. The number of anilines is 1. The maximum atomic E-state index is 13.1. The number of carbonyl (C=O) groups is 2. The molecule has 14 heteroatoms. The number of primary amides is 1. The Balaban J connectivity index is 1.57. The average molecular weight is 586 g/mol. The summed E-state index contributed by atoms with van der Waals surface area (Å²) in [6.07, 6.45) is 0.0671. The van der Waals surface area contributed by atoms with Crippen molar-refractivity contribution in [3.8, 4) is 17.6 Å². The molecule has 0 saturated heterocycles. The van der Waals surface area contributed by atoms with Gasteiger partial charge < -0.3 is 15.2 Å². The molecule has 0 aliphatic carbocycles. The van der Waals surface area contributed by atoms with Gasteiger partial charge in [-0.15, -0.1) is 0 Å². The molecule has 0 aliphatic heterocycles. The average Bonchev–Trinajstić information content (AvgIpc) is 3.31. The second kappa shape index (κ2) is 11.0. The van der Waals surface area contributed by atoms with Gasteiger partial charge in [-0.25, -0.2) is 22.0 Å². The van der Waals surface area contributed by atoms with Crippen LogP contribution in [0.5, 0.6) is 11.5 Å². The molecular weight excluding hydrogens is 569 g/mol. The highest BCUT2D eigenvalue weighted by Crippen LogP contribution is 2.39. The lowest BCUT2D eigenvalue weighted by atomic mass is 10.2. The number of halogens is 2. The van der Waals surface area contributed by atoms with Gasteiger partial charge in [-0.2, -0.15) is 10.4 Å². The summed E-state index contributed by atoms with van der Waals surface area (Å²) < 4.78 is 37.4. The van der Waals surface area contributed by atoms with Crippen LogP contribution in [0.1, 0.15) is 5.56 Å². The van der Waals surface area contributed by atoms with Crippen LogP contribution in [0.4, 0.5) is 10.5 Å². The number of benzene rings is 3. The van der Waals surface area contributed by atoms with Crippen LogP contribution in [0.2, 0.25) is 10.0 Å². The smallest absolute Gasteiger partial charge is 0.412 e. The van der Waals surface area contributed by atoms with Crippen molar-refractivity contribution in [3.63, 3.8) is 0 Å². The molecule has 0 radical (unpaired) electrons. The van der Waals surface area contributed by atoms with Gasteiger partial charge in [-0.05, 0) is 55.5 Å². The molecule has 0 fully saturated rings. The molecule has 4 aromatic rings. The monoisotopic (exact) mass is 585 g/mol. The zero-order valence-corrected chi connectivity index (χ0v) is 22.2. The van der Waals surface area contributed by atoms with Crippen molar-refractivity contribution in [1.82, 2.24) is 3.97 Å². The number of ether oxygens (including phenoxy) is 2. The van der Waals surface area contributed by atoms with Crippen LogP contribution in [-0.4, -0.2) is 30.2 Å². The molecule has 0 saturated carbocycles. The number of amides is 1. The van der Waals surface area contributed by atoms with Crippen molar-refractivity contribution < 1.29 is 27.5 Å². The van der Waals surface area contributed by atoms with E-state index in [-0.39, 0.29) is 26.4 Å². The molecule has 0 atom stereocenters. The fourth-order valence-corrected chi connectivity index (χ4v) is 5.33. The number of hydrazone groups is 1. The first-order valence-corrected chi connectivity index (χ1v) is 13.0. The molecule has 1 aromatic heterocycles. The van der Waals surface area contributed by atoms with Crippen molar-refractivity contribution in [3.05, 3.63) is 82.5 Å². The van der Waals surface area contributed by atoms with Crippen LogP contribution < -0.4 is 15.9 Å². The first-order chi connectivity index (χ1) is 18.5. The molecule has 0 spiro atoms. The van der Waals surface area contributed by atoms with Crippen molar-refractivity contribution in [2.75, 3.05) is 5.43 Å². The van der Waals surface area contributed by atoms with E-state index in [1.54, 1.807) is 48.5 Å². The maximum absolute atomic E-state index is 13.1. The van der Waals surface area contributed by atoms with E-state index in [1.807, 2.05) is 6.92 Å². The standard InChI is InChI=1S/C25H17Cl2N5O6S/c1-14-2-5-18(6-3-14)39(35,36)32-9-8-15-10-17(4-7-22(15)32)37-23-19(26)11-16(12-20(23)27)30-31-21(13-28)24(33)38-25(29)34/h2-12,30H,1H3,(H2,29,34)/b31-21-. The second-order valence-electron chi connectivity index (χ2n) is 7.91. The number of esters is 1. The van der Waals surface area contributed by atoms with E-state index in [2.05, 4.69) is 15.3 Å². The highest BCUT2D eigenvalue weighted by Gasteiger charge is 2.20. The minimum Gasteiger partial charge on any atom is -0.454 e. The summed E-state index contributed by atoms with van der Waals surface area (Å²) in [5.74, 6) is -0.922. The number of aryl methyl sites for hydroxylation is 1. The molecule has 0 unspecified atom stereocenters. The van der Waals surface area contributed by atoms with Crippen LogP contribution in [0.3, 0.4) is 0 Å². The lowest BCUT2D eigenvalue weighted by Crippen LogP contribution is -2.24. The lowest BCUT2D eigenvalue weighted by Gasteiger charge is -2.12. The summed E-state index contributed by atoms with van der Waals surface area (Å²) in [6.45, 7) is 1.87. The first-order valence-electron chi connectivity index (χ1n) is 10.9. The van der Waals surface area contributed by atoms with Crippen LogP contribution >= 0.6 is 23.2 Å². The minimum atomic E-state index is -3.81. The zero-order chi connectivity index (χ0) is 28.3. The third-order valence-corrected chi connectivity index (χ3v) is 7.48. The van der Waals surface area contributed by atoms with Crippen LogP contribution in [0, 0.1) is 18.3 Å². The molecule has 0 aliphatic rings. The summed E-state index contributed by atoms with van der Waals surface area (Å²) in [4.78, 5) is 22.5. The van der Waals surface area contributed by atoms with Gasteiger partial charge in [0.05, 0.1) is 26.1 Å². The van der Waals surface area contributed by atoms with E-state index in [0.717, 1.165) is 5.56 Å². The van der Waals surface area contributed by atoms with Gasteiger partial charge >= 0.3 is 12.1 Å². The molecule has 39 heavy (non-hydrogen) atoms. The molecule has 198 valence electrons. The van der Waals surface area contributed by atoms with Gasteiger partial charge in [0.25, 0.3) is 10.0 Å². The Hall–Kier alpha value is -4.57. The van der Waals surface area contributed by atoms with Gasteiger partial charge in [0.2, 0.25) is 5.71 Å². The van der Waals surface area contributed by atoms with Gasteiger partial charge in [0.15, 0.2) is 5.75 Å². The molecule has 3 aromatic carbocycles. The van der Waals surface area contributed by atoms with Gasteiger partial charge in [0.1, 0.15) is 11.8 Å². The Labute approximate surface area is 232 Å². The number of hydrogen-bond donors (Lipinski definition) is 2. The predicted molar refractivity (Wildman–Crippen MR) is 145 cm³/mol. The minimum absolute atomic E-state index is 0.0537. The number of nitrogens with one attached hydrogen (secondary N) is 1. The Bertz CT molecular complexity index is 1770. The highest BCUT2D eigenvalue weighted by atomic mass is 35.5. The number of nitriles is 1. The highest BCUT2D eigenvalue weighted by molar-refractivity contribution is 7.90. The van der Waals surface area contributed by atoms with Crippen LogP contribution in [0.15, 0.2) is 76.9 Å². The largest absolute Gasteiger partial charge is 0.454 e. The summed E-state index contributed by atoms with van der Waals surface area (Å²) in [5, 5.41) is 13.3. The quantitative estimate of drug-likeness (QED) is 0.129. The number of rotatable bonds is 7. The number of fused-ring (bicyclic) bond motifs is 1. The first kappa shape index (κ1) is 27.5. The van der Waals surface area contributed by atoms with Gasteiger partial charge in [-0.1, -0.05) is 40.9 Å². The molecule has 0 bridgehead atoms. The van der Waals surface area contributed by atoms with Crippen LogP contribution in [-0.2, 0) is 19.6 Å². The number of hydrogen-bond acceptors (Lipinski definition) is 9. The molecule has 11 nitrogen and oxygen atoms in total. The fraction of sp³-hybridized carbons (Fsp3) is 0.0400. The van der Waals surface area contributed by atoms with E-state index < -0.39 is 27.8 Å². The molecule has 4 rings (SSSR count). The maximum Gasteiger partial charge on any atom is 0.412 e. The van der Waals surface area contributed by atoms with Crippen molar-refractivity contribution in [2.45, 2.75) is 11.8 Å². The predicted octanol–water partition coefficient (Wildman–Crippen LogP) is 5.20. The summed E-state index contributed by atoms with van der Waals surface area (Å²) >= 11 is 12.7. The molecule has 3 N–H and O–H groups in total. The normalized spacial score (nSPS) is 11.6. The molecule has 1 heterocycles. The van der Waals surface area contributed by atoms with E-state index in [1.165, 1.54) is 28.4 Å². The van der Waals surface area contributed by atoms with Gasteiger partial charge in [-0.3, -0.25) is 5.43 Å². The fourth-order valence-electron chi connectivity index (χ4n) is 3.41. The van der Waals surface area contributed by atoms with Crippen LogP contribution in [0.25, 0.3) is 10.9 Å². The summed E-state index contributed by atoms with van der Waals surface area (Å²) in [6, 6.07) is 17.2. The molecule has 1 amide bonds. The van der Waals surface area contributed by atoms with E-state index in [9.17, 15) is 18.0 Å². The van der Waals surface area contributed by atoms with Crippen molar-refractivity contribution >= 4 is 67.6 Å². The Kier molecular flexibility index (Phi) is 7.78. The number of nitrogens with two attached hydrogens (primary N) is 1. The van der Waals surface area contributed by atoms with Crippen molar-refractivity contribution in [1.29, 1.82) is 5.26 Å². The van der Waals surface area contributed by atoms with E-state index in [0.29, 0.717) is 16.7 Å². The third-order valence-electron chi connectivity index (χ3n) is 5.21. The summed E-state index contributed by atoms with van der Waals surface area (Å²) in [5.41, 5.74) is 7.96. The van der Waals surface area contributed by atoms with E-state index in [4.69, 9.17) is 38.9 Å². The Morgan fingerprint density at radius 1 is 1.05 bits per heavy atom. The van der Waals surface area contributed by atoms with Crippen molar-refractivity contribution in [2.24, 2.45) is 10.8 Å². The number of aromatic nitrogens is 1. The topological polar surface area (TPSA) is 166 Å².